The quantitative estimate of drug-likeness (QED) is 0.0275. The summed E-state index contributed by atoms with van der Waals surface area (Å²) in [6.07, 6.45) is 57.7. The van der Waals surface area contributed by atoms with Crippen LogP contribution in [0.15, 0.2) is 97.2 Å². The summed E-state index contributed by atoms with van der Waals surface area (Å²) in [5.74, 6) is -0.222. The van der Waals surface area contributed by atoms with E-state index in [1.165, 1.54) is 51.4 Å². The molecule has 0 aliphatic carbocycles. The number of rotatable bonds is 40. The maximum absolute atomic E-state index is 12.8. The van der Waals surface area contributed by atoms with E-state index in [2.05, 4.69) is 104 Å². The Hall–Kier alpha value is -2.58. The number of hydrogen-bond donors (Lipinski definition) is 2. The number of nitrogens with zero attached hydrogens (tertiary/aromatic N) is 1. The summed E-state index contributed by atoms with van der Waals surface area (Å²) in [6, 6.07) is -0.909. The van der Waals surface area contributed by atoms with Gasteiger partial charge in [0.15, 0.2) is 0 Å². The van der Waals surface area contributed by atoms with E-state index in [1.807, 2.05) is 27.2 Å². The highest BCUT2D eigenvalue weighted by atomic mass is 31.2. The molecule has 0 aromatic rings. The number of phosphoric ester groups is 1. The lowest BCUT2D eigenvalue weighted by atomic mass is 10.0. The van der Waals surface area contributed by atoms with E-state index in [1.54, 1.807) is 6.08 Å². The number of phosphoric acid groups is 1. The van der Waals surface area contributed by atoms with E-state index in [4.69, 9.17) is 9.05 Å². The number of quaternary nitrogens is 1. The lowest BCUT2D eigenvalue weighted by Gasteiger charge is -2.29. The minimum absolute atomic E-state index is 0.0126. The van der Waals surface area contributed by atoms with Gasteiger partial charge in [-0.15, -0.1) is 0 Å². The summed E-state index contributed by atoms with van der Waals surface area (Å²) < 4.78 is 23.1. The van der Waals surface area contributed by atoms with Crippen LogP contribution in [0.3, 0.4) is 0 Å². The van der Waals surface area contributed by atoms with Gasteiger partial charge in [0.2, 0.25) is 5.91 Å². The van der Waals surface area contributed by atoms with Crippen LogP contribution in [0.25, 0.3) is 0 Å². The zero-order valence-corrected chi connectivity index (χ0v) is 39.1. The molecule has 0 fully saturated rings. The fourth-order valence-electron chi connectivity index (χ4n) is 5.86. The van der Waals surface area contributed by atoms with Crippen molar-refractivity contribution >= 4 is 13.7 Å². The monoisotopic (exact) mass is 843 g/mol. The smallest absolute Gasteiger partial charge is 0.268 e. The summed E-state index contributed by atoms with van der Waals surface area (Å²) >= 11 is 0. The van der Waals surface area contributed by atoms with Gasteiger partial charge >= 0.3 is 0 Å². The van der Waals surface area contributed by atoms with E-state index in [-0.39, 0.29) is 12.5 Å². The number of aliphatic hydroxyl groups is 1. The first-order valence-corrected chi connectivity index (χ1v) is 24.6. The Morgan fingerprint density at radius 1 is 0.610 bits per heavy atom. The number of unbranched alkanes of at least 4 members (excludes halogenated alkanes) is 13. The second-order valence-corrected chi connectivity index (χ2v) is 17.8. The van der Waals surface area contributed by atoms with Gasteiger partial charge in [0, 0.05) is 6.42 Å². The first-order chi connectivity index (χ1) is 28.5. The normalized spacial score (nSPS) is 15.2. The summed E-state index contributed by atoms with van der Waals surface area (Å²) in [7, 11) is 1.22. The Morgan fingerprint density at radius 3 is 1.58 bits per heavy atom. The third-order valence-corrected chi connectivity index (χ3v) is 10.5. The van der Waals surface area contributed by atoms with E-state index in [9.17, 15) is 19.4 Å². The van der Waals surface area contributed by atoms with Gasteiger partial charge in [-0.3, -0.25) is 9.36 Å². The van der Waals surface area contributed by atoms with Crippen LogP contribution in [0.5, 0.6) is 0 Å². The second kappa shape index (κ2) is 40.8. The molecule has 0 rings (SSSR count). The number of nitrogens with one attached hydrogen (secondary N) is 1. The molecular formula is C50H87N2O6P. The number of carbonyl (C=O) groups is 1. The predicted octanol–water partition coefficient (Wildman–Crippen LogP) is 12.5. The molecule has 9 heteroatoms. The molecule has 0 radical (unpaired) electrons. The average Bonchev–Trinajstić information content (AvgIpc) is 3.19. The molecule has 338 valence electrons. The van der Waals surface area contributed by atoms with Crippen LogP contribution < -0.4 is 10.2 Å². The lowest BCUT2D eigenvalue weighted by molar-refractivity contribution is -0.870. The molecule has 59 heavy (non-hydrogen) atoms. The van der Waals surface area contributed by atoms with Gasteiger partial charge in [0.05, 0.1) is 39.9 Å². The van der Waals surface area contributed by atoms with Crippen molar-refractivity contribution in [2.45, 2.75) is 174 Å². The SMILES string of the molecule is CC/C=C\C/C=C\C/C=C\C/C=C\C/C=C\C/C=C\CCCCCCCCCCCCC(=O)NC(COP(=O)([O-])OCC[N+](C)(C)C)C(O)/C=C/CC/C=C/CCCC. The molecule has 0 heterocycles. The fourth-order valence-corrected chi connectivity index (χ4v) is 6.58. The Balaban J connectivity index is 4.15. The van der Waals surface area contributed by atoms with Crippen LogP contribution in [0.2, 0.25) is 0 Å². The van der Waals surface area contributed by atoms with Gasteiger partial charge in [-0.25, -0.2) is 0 Å². The summed E-state index contributed by atoms with van der Waals surface area (Å²) in [5, 5.41) is 13.7. The Bertz CT molecular complexity index is 1280. The van der Waals surface area contributed by atoms with Crippen LogP contribution in [-0.2, 0) is 18.4 Å². The fraction of sp³-hybridized carbons (Fsp3) is 0.660. The second-order valence-electron chi connectivity index (χ2n) is 16.4. The third kappa shape index (κ3) is 43.3. The van der Waals surface area contributed by atoms with Crippen molar-refractivity contribution in [2.24, 2.45) is 0 Å². The topological polar surface area (TPSA) is 108 Å². The Kier molecular flexibility index (Phi) is 39.0. The minimum atomic E-state index is -4.59. The predicted molar refractivity (Wildman–Crippen MR) is 251 cm³/mol. The van der Waals surface area contributed by atoms with E-state index in [0.29, 0.717) is 17.4 Å². The molecule has 0 spiro atoms. The third-order valence-electron chi connectivity index (χ3n) is 9.53. The maximum atomic E-state index is 12.8. The first kappa shape index (κ1) is 56.4. The molecule has 0 saturated heterocycles. The van der Waals surface area contributed by atoms with E-state index >= 15 is 0 Å². The number of carbonyl (C=O) groups excluding carboxylic acids is 1. The molecule has 8 nitrogen and oxygen atoms in total. The molecular weight excluding hydrogens is 756 g/mol. The standard InChI is InChI=1S/C50H87N2O6P/c1-6-8-10-12-14-16-17-18-19-20-21-22-23-24-25-26-27-28-29-30-31-32-33-34-35-36-38-40-42-44-50(54)51-48(47-58-59(55,56)57-46-45-52(3,4)5)49(53)43-41-39-37-15-13-11-9-7-2/h8,10,13-16,18-19,21-22,24-25,27-28,41,43,48-49,53H,6-7,9,11-12,17,20,23,26,29-40,42,44-47H2,1-5H3,(H-,51,54,55,56)/b10-8-,15-13+,16-14-,19-18-,22-21-,25-24-,28-27-,43-41+. The minimum Gasteiger partial charge on any atom is -0.756 e. The van der Waals surface area contributed by atoms with Crippen LogP contribution in [-0.4, -0.2) is 68.5 Å². The number of allylic oxidation sites excluding steroid dienone is 15. The summed E-state index contributed by atoms with van der Waals surface area (Å²) in [4.78, 5) is 25.2. The average molecular weight is 843 g/mol. The van der Waals surface area contributed by atoms with E-state index < -0.39 is 26.6 Å². The maximum Gasteiger partial charge on any atom is 0.268 e. The van der Waals surface area contributed by atoms with Crippen molar-refractivity contribution < 1.29 is 32.9 Å². The van der Waals surface area contributed by atoms with Crippen LogP contribution in [0, 0.1) is 0 Å². The molecule has 0 bridgehead atoms. The molecule has 0 saturated carbocycles. The zero-order valence-electron chi connectivity index (χ0n) is 38.2. The molecule has 3 unspecified atom stereocenters. The molecule has 3 atom stereocenters. The molecule has 0 aromatic carbocycles. The number of amides is 1. The van der Waals surface area contributed by atoms with Crippen LogP contribution >= 0.6 is 7.82 Å². The van der Waals surface area contributed by atoms with Gasteiger partial charge in [-0.2, -0.15) is 0 Å². The van der Waals surface area contributed by atoms with Crippen molar-refractivity contribution in [3.05, 3.63) is 97.2 Å². The van der Waals surface area contributed by atoms with E-state index in [0.717, 1.165) is 89.9 Å². The van der Waals surface area contributed by atoms with Crippen molar-refractivity contribution in [2.75, 3.05) is 40.9 Å². The molecule has 1 amide bonds. The van der Waals surface area contributed by atoms with Gasteiger partial charge < -0.3 is 28.8 Å². The number of hydrogen-bond acceptors (Lipinski definition) is 6. The lowest BCUT2D eigenvalue weighted by Crippen LogP contribution is -2.45. The summed E-state index contributed by atoms with van der Waals surface area (Å²) in [5.41, 5.74) is 0. The van der Waals surface area contributed by atoms with Gasteiger partial charge in [-0.05, 0) is 77.0 Å². The van der Waals surface area contributed by atoms with Crippen LogP contribution in [0.4, 0.5) is 0 Å². The highest BCUT2D eigenvalue weighted by Crippen LogP contribution is 2.38. The highest BCUT2D eigenvalue weighted by Gasteiger charge is 2.23. The van der Waals surface area contributed by atoms with Crippen molar-refractivity contribution in [1.82, 2.24) is 5.32 Å². The van der Waals surface area contributed by atoms with Crippen molar-refractivity contribution in [1.29, 1.82) is 0 Å². The van der Waals surface area contributed by atoms with Gasteiger partial charge in [0.1, 0.15) is 13.2 Å². The molecule has 0 aliphatic rings. The largest absolute Gasteiger partial charge is 0.756 e. The number of aliphatic hydroxyl groups excluding tert-OH is 1. The first-order valence-electron chi connectivity index (χ1n) is 23.1. The molecule has 2 N–H and O–H groups in total. The molecule has 0 aliphatic heterocycles. The summed E-state index contributed by atoms with van der Waals surface area (Å²) in [6.45, 7) is 4.40. The van der Waals surface area contributed by atoms with Gasteiger partial charge in [0.25, 0.3) is 7.82 Å². The van der Waals surface area contributed by atoms with Crippen LogP contribution in [0.1, 0.15) is 162 Å². The highest BCUT2D eigenvalue weighted by molar-refractivity contribution is 7.45. The Labute approximate surface area is 362 Å². The van der Waals surface area contributed by atoms with Crippen molar-refractivity contribution in [3.63, 3.8) is 0 Å². The van der Waals surface area contributed by atoms with Gasteiger partial charge in [-0.1, -0.05) is 175 Å². The van der Waals surface area contributed by atoms with Crippen molar-refractivity contribution in [3.8, 4) is 0 Å². The molecule has 0 aromatic heterocycles. The number of likely N-dealkylation sites (N-methyl/N-ethyl adjacent to an activating group) is 1. The Morgan fingerprint density at radius 2 is 1.05 bits per heavy atom. The zero-order chi connectivity index (χ0) is 43.6.